The van der Waals surface area contributed by atoms with Crippen LogP contribution in [0.5, 0.6) is 0 Å². The van der Waals surface area contributed by atoms with E-state index >= 15 is 0 Å². The zero-order chi connectivity index (χ0) is 15.2. The summed E-state index contributed by atoms with van der Waals surface area (Å²) in [6, 6.07) is 6.97. The monoisotopic (exact) mass is 292 g/mol. The summed E-state index contributed by atoms with van der Waals surface area (Å²) < 4.78 is 18.9. The number of ether oxygens (including phenoxy) is 1. The van der Waals surface area contributed by atoms with Crippen molar-refractivity contribution in [2.24, 2.45) is 0 Å². The number of esters is 1. The number of nitrogen functional groups attached to an aromatic ring is 1. The number of carbonyl (C=O) groups is 1. The maximum Gasteiger partial charge on any atom is 0.361 e. The van der Waals surface area contributed by atoms with Crippen molar-refractivity contribution in [2.45, 2.75) is 19.9 Å². The summed E-state index contributed by atoms with van der Waals surface area (Å²) in [6.07, 6.45) is 0.299. The maximum atomic E-state index is 12.4. The van der Waals surface area contributed by atoms with Crippen molar-refractivity contribution in [3.8, 4) is 11.3 Å². The van der Waals surface area contributed by atoms with Gasteiger partial charge in [-0.05, 0) is 25.5 Å². The second kappa shape index (κ2) is 6.83. The second-order valence-electron chi connectivity index (χ2n) is 4.39. The molecule has 0 saturated heterocycles. The van der Waals surface area contributed by atoms with Crippen LogP contribution in [0.4, 0.5) is 10.1 Å². The third-order valence-corrected chi connectivity index (χ3v) is 2.89. The molecular weight excluding hydrogens is 275 g/mol. The molecule has 21 heavy (non-hydrogen) atoms. The summed E-state index contributed by atoms with van der Waals surface area (Å²) in [5, 5.41) is 7.79. The predicted molar refractivity (Wildman–Crippen MR) is 76.4 cm³/mol. The van der Waals surface area contributed by atoms with Crippen LogP contribution < -0.4 is 5.73 Å². The fraction of sp³-hybridized carbons (Fsp3) is 0.357. The van der Waals surface area contributed by atoms with E-state index in [2.05, 4.69) is 10.3 Å². The van der Waals surface area contributed by atoms with Gasteiger partial charge in [0.1, 0.15) is 5.69 Å². The molecule has 0 saturated carbocycles. The first-order chi connectivity index (χ1) is 10.2. The molecule has 0 unspecified atom stereocenters. The quantitative estimate of drug-likeness (QED) is 0.651. The van der Waals surface area contributed by atoms with Gasteiger partial charge in [0.2, 0.25) is 0 Å². The Morgan fingerprint density at radius 3 is 2.71 bits per heavy atom. The van der Waals surface area contributed by atoms with Crippen LogP contribution in [-0.4, -0.2) is 34.2 Å². The topological polar surface area (TPSA) is 83.0 Å². The molecule has 0 radical (unpaired) electrons. The Hall–Kier alpha value is -2.44. The molecule has 0 aliphatic rings. The molecule has 2 aromatic rings. The summed E-state index contributed by atoms with van der Waals surface area (Å²) in [5.74, 6) is -0.546. The lowest BCUT2D eigenvalue weighted by Crippen LogP contribution is -2.09. The summed E-state index contributed by atoms with van der Waals surface area (Å²) in [4.78, 5) is 12.0. The molecule has 0 aliphatic heterocycles. The first-order valence-electron chi connectivity index (χ1n) is 6.69. The molecule has 0 fully saturated rings. The molecule has 1 aromatic carbocycles. The molecule has 6 nitrogen and oxygen atoms in total. The number of aryl methyl sites for hydroxylation is 1. The molecule has 0 aliphatic carbocycles. The van der Waals surface area contributed by atoms with Crippen LogP contribution in [-0.2, 0) is 11.3 Å². The van der Waals surface area contributed by atoms with Gasteiger partial charge in [0.15, 0.2) is 5.69 Å². The van der Waals surface area contributed by atoms with Gasteiger partial charge >= 0.3 is 5.97 Å². The van der Waals surface area contributed by atoms with Gasteiger partial charge < -0.3 is 10.5 Å². The normalized spacial score (nSPS) is 10.6. The number of aromatic nitrogens is 3. The fourth-order valence-electron chi connectivity index (χ4n) is 1.94. The highest BCUT2D eigenvalue weighted by Gasteiger charge is 2.22. The summed E-state index contributed by atoms with van der Waals surface area (Å²) in [7, 11) is 0. The van der Waals surface area contributed by atoms with Crippen LogP contribution in [0.15, 0.2) is 24.3 Å². The number of hydrogen-bond donors (Lipinski definition) is 1. The van der Waals surface area contributed by atoms with Gasteiger partial charge in [0.25, 0.3) is 0 Å². The summed E-state index contributed by atoms with van der Waals surface area (Å²) in [6.45, 7) is 1.84. The molecule has 0 spiro atoms. The van der Waals surface area contributed by atoms with Gasteiger partial charge in [0.05, 0.1) is 13.3 Å². The number of hydrogen-bond acceptors (Lipinski definition) is 5. The average Bonchev–Trinajstić information content (AvgIpc) is 2.90. The molecule has 0 amide bonds. The first kappa shape index (κ1) is 15.0. The Labute approximate surface area is 121 Å². The lowest BCUT2D eigenvalue weighted by Gasteiger charge is -2.07. The Morgan fingerprint density at radius 2 is 2.10 bits per heavy atom. The van der Waals surface area contributed by atoms with Gasteiger partial charge in [-0.2, -0.15) is 0 Å². The predicted octanol–water partition coefficient (Wildman–Crippen LogP) is 2.06. The van der Waals surface area contributed by atoms with E-state index in [9.17, 15) is 9.18 Å². The third kappa shape index (κ3) is 3.36. The number of nitrogens with two attached hydrogens (primary N) is 1. The molecule has 112 valence electrons. The molecule has 2 rings (SSSR count). The van der Waals surface area contributed by atoms with Crippen LogP contribution in [0.2, 0.25) is 0 Å². The van der Waals surface area contributed by atoms with E-state index in [1.165, 1.54) is 4.68 Å². The molecule has 0 bridgehead atoms. The van der Waals surface area contributed by atoms with Crippen LogP contribution in [0.3, 0.4) is 0 Å². The number of benzene rings is 1. The number of rotatable bonds is 6. The molecule has 7 heteroatoms. The average molecular weight is 292 g/mol. The second-order valence-corrected chi connectivity index (χ2v) is 4.39. The van der Waals surface area contributed by atoms with Crippen molar-refractivity contribution < 1.29 is 13.9 Å². The third-order valence-electron chi connectivity index (χ3n) is 2.89. The van der Waals surface area contributed by atoms with Crippen LogP contribution in [0.1, 0.15) is 23.8 Å². The van der Waals surface area contributed by atoms with Crippen molar-refractivity contribution in [3.63, 3.8) is 0 Å². The highest BCUT2D eigenvalue weighted by Crippen LogP contribution is 2.24. The minimum absolute atomic E-state index is 0.125. The van der Waals surface area contributed by atoms with E-state index in [4.69, 9.17) is 10.5 Å². The van der Waals surface area contributed by atoms with E-state index < -0.39 is 12.6 Å². The first-order valence-corrected chi connectivity index (χ1v) is 6.69. The lowest BCUT2D eigenvalue weighted by atomic mass is 10.1. The number of nitrogens with zero attached hydrogens (tertiary/aromatic N) is 3. The molecule has 1 aromatic heterocycles. The van der Waals surface area contributed by atoms with Gasteiger partial charge in [-0.1, -0.05) is 17.3 Å². The van der Waals surface area contributed by atoms with Crippen molar-refractivity contribution >= 4 is 11.7 Å². The van der Waals surface area contributed by atoms with E-state index in [1.807, 2.05) is 0 Å². The maximum absolute atomic E-state index is 12.4. The smallest absolute Gasteiger partial charge is 0.361 e. The molecule has 0 atom stereocenters. The molecule has 1 heterocycles. The van der Waals surface area contributed by atoms with Gasteiger partial charge in [-0.3, -0.25) is 4.39 Å². The van der Waals surface area contributed by atoms with Crippen LogP contribution in [0.25, 0.3) is 11.3 Å². The SMILES string of the molecule is CCOC(=O)c1nnn(CCCF)c1-c1ccc(N)cc1. The van der Waals surface area contributed by atoms with Crippen LogP contribution >= 0.6 is 0 Å². The van der Waals surface area contributed by atoms with Gasteiger partial charge in [-0.25, -0.2) is 9.48 Å². The van der Waals surface area contributed by atoms with E-state index in [0.29, 0.717) is 24.3 Å². The Kier molecular flexibility index (Phi) is 4.86. The largest absolute Gasteiger partial charge is 0.461 e. The summed E-state index contributed by atoms with van der Waals surface area (Å²) >= 11 is 0. The van der Waals surface area contributed by atoms with Gasteiger partial charge in [-0.15, -0.1) is 5.10 Å². The highest BCUT2D eigenvalue weighted by atomic mass is 19.1. The Balaban J connectivity index is 2.44. The number of halogens is 1. The summed E-state index contributed by atoms with van der Waals surface area (Å²) in [5.41, 5.74) is 7.65. The van der Waals surface area contributed by atoms with E-state index in [-0.39, 0.29) is 12.3 Å². The zero-order valence-corrected chi connectivity index (χ0v) is 11.8. The molecular formula is C14H17FN4O2. The minimum Gasteiger partial charge on any atom is -0.461 e. The zero-order valence-electron chi connectivity index (χ0n) is 11.8. The van der Waals surface area contributed by atoms with E-state index in [1.54, 1.807) is 31.2 Å². The highest BCUT2D eigenvalue weighted by molar-refractivity contribution is 5.94. The van der Waals surface area contributed by atoms with Gasteiger partial charge in [0, 0.05) is 17.8 Å². The van der Waals surface area contributed by atoms with Crippen molar-refractivity contribution in [3.05, 3.63) is 30.0 Å². The number of carbonyl (C=O) groups excluding carboxylic acids is 1. The lowest BCUT2D eigenvalue weighted by molar-refractivity contribution is 0.0520. The number of alkyl halides is 1. The molecule has 2 N–H and O–H groups in total. The Morgan fingerprint density at radius 1 is 1.38 bits per heavy atom. The minimum atomic E-state index is -0.546. The number of anilines is 1. The standard InChI is InChI=1S/C14H17FN4O2/c1-2-21-14(20)12-13(10-4-6-11(16)7-5-10)19(18-17-12)9-3-8-15/h4-7H,2-3,8-9,16H2,1H3. The van der Waals surface area contributed by atoms with Crippen molar-refractivity contribution in [2.75, 3.05) is 19.0 Å². The van der Waals surface area contributed by atoms with Crippen molar-refractivity contribution in [1.29, 1.82) is 0 Å². The fourth-order valence-corrected chi connectivity index (χ4v) is 1.94. The van der Waals surface area contributed by atoms with Crippen LogP contribution in [0, 0.1) is 0 Å². The Bertz CT molecular complexity index is 610. The van der Waals surface area contributed by atoms with Crippen molar-refractivity contribution in [1.82, 2.24) is 15.0 Å². The van der Waals surface area contributed by atoms with E-state index in [0.717, 1.165) is 5.56 Å².